The lowest BCUT2D eigenvalue weighted by Gasteiger charge is -2.27. The minimum atomic E-state index is -0.571. The molecule has 1 fully saturated rings. The van der Waals surface area contributed by atoms with Gasteiger partial charge in [-0.1, -0.05) is 0 Å². The van der Waals surface area contributed by atoms with E-state index in [1.807, 2.05) is 26.8 Å². The first-order valence-corrected chi connectivity index (χ1v) is 6.60. The molecule has 0 aliphatic carbocycles. The average Bonchev–Trinajstić information content (AvgIpc) is 2.86. The van der Waals surface area contributed by atoms with E-state index in [2.05, 4.69) is 4.98 Å². The maximum absolute atomic E-state index is 12.1. The lowest BCUT2D eigenvalue weighted by atomic mass is 10.1. The van der Waals surface area contributed by atoms with Crippen molar-refractivity contribution in [3.05, 3.63) is 29.6 Å². The Labute approximate surface area is 118 Å². The first kappa shape index (κ1) is 14.7. The Kier molecular flexibility index (Phi) is 4.25. The summed E-state index contributed by atoms with van der Waals surface area (Å²) >= 11 is 0. The molecule has 1 unspecified atom stereocenters. The summed E-state index contributed by atoms with van der Waals surface area (Å²) in [5.74, 6) is 0. The van der Waals surface area contributed by atoms with Crippen LogP contribution in [0.25, 0.3) is 0 Å². The van der Waals surface area contributed by atoms with Crippen LogP contribution in [0.5, 0.6) is 0 Å². The van der Waals surface area contributed by atoms with Gasteiger partial charge >= 0.3 is 6.09 Å². The Morgan fingerprint density at radius 2 is 2.30 bits per heavy atom. The van der Waals surface area contributed by atoms with Gasteiger partial charge in [-0.2, -0.15) is 5.06 Å². The van der Waals surface area contributed by atoms with Gasteiger partial charge in [-0.05, 0) is 38.0 Å². The molecule has 1 saturated heterocycles. The smallest absolute Gasteiger partial charge is 0.435 e. The number of amides is 1. The van der Waals surface area contributed by atoms with Gasteiger partial charge in [0, 0.05) is 18.8 Å². The molecule has 1 aromatic heterocycles. The van der Waals surface area contributed by atoms with Gasteiger partial charge in [-0.15, -0.1) is 0 Å². The van der Waals surface area contributed by atoms with Crippen molar-refractivity contribution < 1.29 is 19.5 Å². The summed E-state index contributed by atoms with van der Waals surface area (Å²) in [5, 5.41) is 10.4. The topological polar surface area (TPSA) is 71.9 Å². The van der Waals surface area contributed by atoms with Crippen LogP contribution in [0.3, 0.4) is 0 Å². The number of aromatic nitrogens is 1. The zero-order valence-corrected chi connectivity index (χ0v) is 12.0. The molecule has 0 spiro atoms. The van der Waals surface area contributed by atoms with E-state index in [1.165, 1.54) is 5.06 Å². The van der Waals surface area contributed by atoms with E-state index < -0.39 is 11.7 Å². The van der Waals surface area contributed by atoms with Gasteiger partial charge in [0.05, 0.1) is 19.3 Å². The van der Waals surface area contributed by atoms with Crippen LogP contribution < -0.4 is 0 Å². The maximum atomic E-state index is 12.1. The van der Waals surface area contributed by atoms with Crippen molar-refractivity contribution in [2.75, 3.05) is 6.61 Å². The molecule has 20 heavy (non-hydrogen) atoms. The number of aliphatic hydroxyl groups is 1. The minimum Gasteiger partial charge on any atom is -0.442 e. The fourth-order valence-electron chi connectivity index (χ4n) is 2.04. The fourth-order valence-corrected chi connectivity index (χ4v) is 2.04. The molecule has 2 rings (SSSR count). The van der Waals surface area contributed by atoms with Crippen molar-refractivity contribution in [1.29, 1.82) is 0 Å². The van der Waals surface area contributed by atoms with Crippen LogP contribution in [0.1, 0.15) is 44.4 Å². The SMILES string of the molecule is CC(C)(C)OC(=O)N1OCCC1c1cncc(CO)c1. The van der Waals surface area contributed by atoms with Crippen molar-refractivity contribution in [2.24, 2.45) is 0 Å². The van der Waals surface area contributed by atoms with Crippen LogP contribution in [0.4, 0.5) is 4.79 Å². The Hall–Kier alpha value is -1.66. The molecule has 1 amide bonds. The zero-order chi connectivity index (χ0) is 14.8. The van der Waals surface area contributed by atoms with Gasteiger partial charge in [-0.3, -0.25) is 9.82 Å². The third kappa shape index (κ3) is 3.46. The van der Waals surface area contributed by atoms with Gasteiger partial charge in [-0.25, -0.2) is 4.79 Å². The van der Waals surface area contributed by atoms with Gasteiger partial charge < -0.3 is 9.84 Å². The Bertz CT molecular complexity index is 484. The van der Waals surface area contributed by atoms with E-state index in [9.17, 15) is 4.79 Å². The highest BCUT2D eigenvalue weighted by atomic mass is 16.7. The van der Waals surface area contributed by atoms with Crippen LogP contribution in [-0.2, 0) is 16.2 Å². The normalized spacial score (nSPS) is 19.2. The van der Waals surface area contributed by atoms with Gasteiger partial charge in [0.15, 0.2) is 0 Å². The molecule has 1 N–H and O–H groups in total. The van der Waals surface area contributed by atoms with E-state index in [4.69, 9.17) is 14.7 Å². The molecule has 0 bridgehead atoms. The highest BCUT2D eigenvalue weighted by Gasteiger charge is 2.35. The number of rotatable bonds is 2. The van der Waals surface area contributed by atoms with E-state index >= 15 is 0 Å². The summed E-state index contributed by atoms with van der Waals surface area (Å²) in [6, 6.07) is 1.59. The lowest BCUT2D eigenvalue weighted by molar-refractivity contribution is -0.125. The quantitative estimate of drug-likeness (QED) is 0.899. The molecule has 1 aromatic rings. The highest BCUT2D eigenvalue weighted by molar-refractivity contribution is 5.67. The molecular weight excluding hydrogens is 260 g/mol. The van der Waals surface area contributed by atoms with Gasteiger partial charge in [0.1, 0.15) is 5.60 Å². The maximum Gasteiger partial charge on any atom is 0.435 e. The molecule has 1 aliphatic heterocycles. The summed E-state index contributed by atoms with van der Waals surface area (Å²) in [6.07, 6.45) is 3.44. The standard InChI is InChI=1S/C14H20N2O4/c1-14(2,3)20-13(18)16-12(4-5-19-16)11-6-10(9-17)7-15-8-11/h6-8,12,17H,4-5,9H2,1-3H3. The number of carbonyl (C=O) groups excluding carboxylic acids is 1. The van der Waals surface area contributed by atoms with Crippen LogP contribution >= 0.6 is 0 Å². The Morgan fingerprint density at radius 3 is 2.95 bits per heavy atom. The lowest BCUT2D eigenvalue weighted by Crippen LogP contribution is -2.35. The third-order valence-electron chi connectivity index (χ3n) is 2.86. The van der Waals surface area contributed by atoms with Gasteiger partial charge in [0.25, 0.3) is 0 Å². The molecule has 0 saturated carbocycles. The number of nitrogens with zero attached hydrogens (tertiary/aromatic N) is 2. The van der Waals surface area contributed by atoms with E-state index in [1.54, 1.807) is 12.4 Å². The first-order valence-electron chi connectivity index (χ1n) is 6.60. The molecule has 110 valence electrons. The first-order chi connectivity index (χ1) is 9.40. The third-order valence-corrected chi connectivity index (χ3v) is 2.86. The van der Waals surface area contributed by atoms with Crippen LogP contribution in [-0.4, -0.2) is 33.5 Å². The molecule has 0 radical (unpaired) electrons. The van der Waals surface area contributed by atoms with Crippen LogP contribution in [0, 0.1) is 0 Å². The van der Waals surface area contributed by atoms with Crippen molar-refractivity contribution >= 4 is 6.09 Å². The summed E-state index contributed by atoms with van der Waals surface area (Å²) < 4.78 is 5.32. The molecule has 6 nitrogen and oxygen atoms in total. The minimum absolute atomic E-state index is 0.0825. The van der Waals surface area contributed by atoms with E-state index in [0.717, 1.165) is 5.56 Å². The predicted octanol–water partition coefficient (Wildman–Crippen LogP) is 2.19. The van der Waals surface area contributed by atoms with Crippen molar-refractivity contribution in [3.8, 4) is 0 Å². The Morgan fingerprint density at radius 1 is 1.55 bits per heavy atom. The number of hydrogen-bond donors (Lipinski definition) is 1. The molecule has 1 aliphatic rings. The second-order valence-electron chi connectivity index (χ2n) is 5.73. The number of ether oxygens (including phenoxy) is 1. The Balaban J connectivity index is 2.16. The van der Waals surface area contributed by atoms with Crippen molar-refractivity contribution in [3.63, 3.8) is 0 Å². The largest absolute Gasteiger partial charge is 0.442 e. The summed E-state index contributed by atoms with van der Waals surface area (Å²) in [5.41, 5.74) is 0.970. The number of carbonyl (C=O) groups is 1. The van der Waals surface area contributed by atoms with Crippen LogP contribution in [0.2, 0.25) is 0 Å². The molecule has 2 heterocycles. The summed E-state index contributed by atoms with van der Waals surface area (Å²) in [4.78, 5) is 21.6. The number of pyridine rings is 1. The molecule has 1 atom stereocenters. The molecular formula is C14H20N2O4. The predicted molar refractivity (Wildman–Crippen MR) is 71.5 cm³/mol. The second kappa shape index (κ2) is 5.76. The second-order valence-corrected chi connectivity index (χ2v) is 5.73. The monoisotopic (exact) mass is 280 g/mol. The average molecular weight is 280 g/mol. The highest BCUT2D eigenvalue weighted by Crippen LogP contribution is 2.31. The molecule has 0 aromatic carbocycles. The zero-order valence-electron chi connectivity index (χ0n) is 12.0. The van der Waals surface area contributed by atoms with Gasteiger partial charge in [0.2, 0.25) is 0 Å². The van der Waals surface area contributed by atoms with E-state index in [0.29, 0.717) is 18.6 Å². The van der Waals surface area contributed by atoms with E-state index in [-0.39, 0.29) is 12.6 Å². The summed E-state index contributed by atoms with van der Waals surface area (Å²) in [6.45, 7) is 5.80. The van der Waals surface area contributed by atoms with Crippen molar-refractivity contribution in [2.45, 2.75) is 45.4 Å². The number of aliphatic hydroxyl groups excluding tert-OH is 1. The van der Waals surface area contributed by atoms with Crippen LogP contribution in [0.15, 0.2) is 18.5 Å². The van der Waals surface area contributed by atoms with Crippen molar-refractivity contribution in [1.82, 2.24) is 10.0 Å². The molecule has 6 heteroatoms. The number of hydrogen-bond acceptors (Lipinski definition) is 5. The summed E-state index contributed by atoms with van der Waals surface area (Å²) in [7, 11) is 0. The fraction of sp³-hybridized carbons (Fsp3) is 0.571. The number of hydroxylamine groups is 2.